The number of carbonyl (C=O) groups is 1. The Bertz CT molecular complexity index is 484. The standard InChI is InChI=1S/C16H24FN3O/c1-3-18-11-13-4-5-16(15(17)10-13)20-8-6-14(7-9-20)19-12(2)21/h4-5,10,14,18H,3,6-9,11H2,1-2H3,(H,19,21). The third-order valence-electron chi connectivity index (χ3n) is 3.83. The second kappa shape index (κ2) is 7.41. The molecule has 0 unspecified atom stereocenters. The van der Waals surface area contributed by atoms with Crippen LogP contribution in [0.4, 0.5) is 10.1 Å². The van der Waals surface area contributed by atoms with Crippen molar-refractivity contribution in [3.63, 3.8) is 0 Å². The van der Waals surface area contributed by atoms with Gasteiger partial charge in [0.2, 0.25) is 5.91 Å². The van der Waals surface area contributed by atoms with Crippen LogP contribution in [0, 0.1) is 5.82 Å². The first-order valence-corrected chi connectivity index (χ1v) is 7.61. The topological polar surface area (TPSA) is 44.4 Å². The fourth-order valence-corrected chi connectivity index (χ4v) is 2.74. The van der Waals surface area contributed by atoms with Gasteiger partial charge in [-0.2, -0.15) is 0 Å². The van der Waals surface area contributed by atoms with Gasteiger partial charge in [-0.1, -0.05) is 13.0 Å². The van der Waals surface area contributed by atoms with Crippen molar-refractivity contribution in [1.29, 1.82) is 0 Å². The smallest absolute Gasteiger partial charge is 0.217 e. The Kier molecular flexibility index (Phi) is 5.56. The molecule has 1 fully saturated rings. The predicted octanol–water partition coefficient (Wildman–Crippen LogP) is 2.04. The van der Waals surface area contributed by atoms with E-state index in [-0.39, 0.29) is 17.8 Å². The van der Waals surface area contributed by atoms with Gasteiger partial charge in [-0.05, 0) is 37.1 Å². The Labute approximate surface area is 125 Å². The molecule has 1 saturated heterocycles. The van der Waals surface area contributed by atoms with E-state index in [0.717, 1.165) is 38.0 Å². The largest absolute Gasteiger partial charge is 0.369 e. The number of hydrogen-bond donors (Lipinski definition) is 2. The molecule has 4 nitrogen and oxygen atoms in total. The third kappa shape index (κ3) is 4.43. The predicted molar refractivity (Wildman–Crippen MR) is 82.8 cm³/mol. The average Bonchev–Trinajstić information content (AvgIpc) is 2.46. The number of amides is 1. The Morgan fingerprint density at radius 2 is 2.10 bits per heavy atom. The summed E-state index contributed by atoms with van der Waals surface area (Å²) >= 11 is 0. The van der Waals surface area contributed by atoms with Crippen LogP contribution in [0.25, 0.3) is 0 Å². The lowest BCUT2D eigenvalue weighted by atomic mass is 10.0. The van der Waals surface area contributed by atoms with E-state index in [0.29, 0.717) is 12.2 Å². The fourth-order valence-electron chi connectivity index (χ4n) is 2.74. The third-order valence-corrected chi connectivity index (χ3v) is 3.83. The van der Waals surface area contributed by atoms with E-state index in [9.17, 15) is 9.18 Å². The number of benzene rings is 1. The maximum Gasteiger partial charge on any atom is 0.217 e. The number of piperidine rings is 1. The Morgan fingerprint density at radius 1 is 1.38 bits per heavy atom. The zero-order valence-electron chi connectivity index (χ0n) is 12.8. The maximum absolute atomic E-state index is 14.2. The van der Waals surface area contributed by atoms with Crippen molar-refractivity contribution in [2.45, 2.75) is 39.3 Å². The second-order valence-electron chi connectivity index (χ2n) is 5.53. The van der Waals surface area contributed by atoms with Crippen LogP contribution in [-0.4, -0.2) is 31.6 Å². The van der Waals surface area contributed by atoms with E-state index < -0.39 is 0 Å². The van der Waals surface area contributed by atoms with E-state index >= 15 is 0 Å². The molecule has 0 radical (unpaired) electrons. The summed E-state index contributed by atoms with van der Waals surface area (Å²) < 4.78 is 14.2. The first kappa shape index (κ1) is 15.8. The molecular weight excluding hydrogens is 269 g/mol. The van der Waals surface area contributed by atoms with E-state index in [1.807, 2.05) is 19.1 Å². The first-order valence-electron chi connectivity index (χ1n) is 7.61. The summed E-state index contributed by atoms with van der Waals surface area (Å²) in [6.45, 7) is 6.68. The van der Waals surface area contributed by atoms with E-state index in [2.05, 4.69) is 15.5 Å². The molecular formula is C16H24FN3O. The Hall–Kier alpha value is -1.62. The molecule has 0 spiro atoms. The zero-order chi connectivity index (χ0) is 15.2. The minimum Gasteiger partial charge on any atom is -0.369 e. The Balaban J connectivity index is 1.95. The van der Waals surface area contributed by atoms with Gasteiger partial charge in [0.15, 0.2) is 0 Å². The number of halogens is 1. The van der Waals surface area contributed by atoms with Gasteiger partial charge in [0, 0.05) is 32.6 Å². The van der Waals surface area contributed by atoms with Gasteiger partial charge < -0.3 is 15.5 Å². The van der Waals surface area contributed by atoms with Crippen LogP contribution in [0.15, 0.2) is 18.2 Å². The molecule has 1 aromatic carbocycles. The monoisotopic (exact) mass is 293 g/mol. The highest BCUT2D eigenvalue weighted by Gasteiger charge is 2.21. The van der Waals surface area contributed by atoms with Gasteiger partial charge in [-0.3, -0.25) is 4.79 Å². The van der Waals surface area contributed by atoms with Gasteiger partial charge >= 0.3 is 0 Å². The number of hydrogen-bond acceptors (Lipinski definition) is 3. The molecule has 0 bridgehead atoms. The van der Waals surface area contributed by atoms with E-state index in [1.54, 1.807) is 6.07 Å². The average molecular weight is 293 g/mol. The molecule has 116 valence electrons. The normalized spacial score (nSPS) is 16.0. The molecule has 0 aliphatic carbocycles. The minimum atomic E-state index is -0.164. The SMILES string of the molecule is CCNCc1ccc(N2CCC(NC(C)=O)CC2)c(F)c1. The fraction of sp³-hybridized carbons (Fsp3) is 0.562. The molecule has 1 heterocycles. The molecule has 1 aromatic rings. The van der Waals surface area contributed by atoms with Crippen molar-refractivity contribution in [2.75, 3.05) is 24.5 Å². The van der Waals surface area contributed by atoms with Crippen LogP contribution in [-0.2, 0) is 11.3 Å². The molecule has 5 heteroatoms. The Morgan fingerprint density at radius 3 is 2.67 bits per heavy atom. The number of nitrogens with one attached hydrogen (secondary N) is 2. The second-order valence-corrected chi connectivity index (χ2v) is 5.53. The van der Waals surface area contributed by atoms with Gasteiger partial charge in [0.1, 0.15) is 5.82 Å². The highest BCUT2D eigenvalue weighted by molar-refractivity contribution is 5.73. The lowest BCUT2D eigenvalue weighted by molar-refractivity contribution is -0.119. The molecule has 2 rings (SSSR count). The molecule has 0 atom stereocenters. The van der Waals surface area contributed by atoms with E-state index in [1.165, 1.54) is 6.92 Å². The van der Waals surface area contributed by atoms with Crippen molar-refractivity contribution in [3.8, 4) is 0 Å². The zero-order valence-corrected chi connectivity index (χ0v) is 12.8. The van der Waals surface area contributed by atoms with Crippen molar-refractivity contribution >= 4 is 11.6 Å². The molecule has 21 heavy (non-hydrogen) atoms. The number of rotatable bonds is 5. The molecule has 0 aromatic heterocycles. The van der Waals surface area contributed by atoms with E-state index in [4.69, 9.17) is 0 Å². The summed E-state index contributed by atoms with van der Waals surface area (Å²) in [6.07, 6.45) is 1.72. The van der Waals surface area contributed by atoms with Gasteiger partial charge in [-0.25, -0.2) is 4.39 Å². The maximum atomic E-state index is 14.2. The highest BCUT2D eigenvalue weighted by Crippen LogP contribution is 2.24. The summed E-state index contributed by atoms with van der Waals surface area (Å²) in [6, 6.07) is 5.66. The van der Waals surface area contributed by atoms with Gasteiger partial charge in [-0.15, -0.1) is 0 Å². The lowest BCUT2D eigenvalue weighted by Gasteiger charge is -2.34. The summed E-state index contributed by atoms with van der Waals surface area (Å²) in [7, 11) is 0. The summed E-state index contributed by atoms with van der Waals surface area (Å²) in [4.78, 5) is 13.1. The van der Waals surface area contributed by atoms with Crippen LogP contribution >= 0.6 is 0 Å². The van der Waals surface area contributed by atoms with Crippen LogP contribution in [0.5, 0.6) is 0 Å². The van der Waals surface area contributed by atoms with Crippen molar-refractivity contribution in [1.82, 2.24) is 10.6 Å². The molecule has 2 N–H and O–H groups in total. The first-order chi connectivity index (χ1) is 10.1. The summed E-state index contributed by atoms with van der Waals surface area (Å²) in [5, 5.41) is 6.13. The van der Waals surface area contributed by atoms with Crippen LogP contribution in [0.1, 0.15) is 32.3 Å². The number of carbonyl (C=O) groups excluding carboxylic acids is 1. The van der Waals surface area contributed by atoms with Gasteiger partial charge in [0.25, 0.3) is 0 Å². The van der Waals surface area contributed by atoms with Crippen LogP contribution in [0.3, 0.4) is 0 Å². The number of nitrogens with zero attached hydrogens (tertiary/aromatic N) is 1. The summed E-state index contributed by atoms with van der Waals surface area (Å²) in [5.41, 5.74) is 1.63. The molecule has 1 aliphatic rings. The van der Waals surface area contributed by atoms with Crippen molar-refractivity contribution in [2.24, 2.45) is 0 Å². The van der Waals surface area contributed by atoms with Crippen molar-refractivity contribution < 1.29 is 9.18 Å². The number of anilines is 1. The lowest BCUT2D eigenvalue weighted by Crippen LogP contribution is -2.44. The molecule has 1 aliphatic heterocycles. The summed E-state index contributed by atoms with van der Waals surface area (Å²) in [5.74, 6) is -0.157. The molecule has 1 amide bonds. The van der Waals surface area contributed by atoms with Gasteiger partial charge in [0.05, 0.1) is 5.69 Å². The minimum absolute atomic E-state index is 0.00686. The van der Waals surface area contributed by atoms with Crippen molar-refractivity contribution in [3.05, 3.63) is 29.6 Å². The highest BCUT2D eigenvalue weighted by atomic mass is 19.1. The quantitative estimate of drug-likeness (QED) is 0.873. The van der Waals surface area contributed by atoms with Crippen LogP contribution in [0.2, 0.25) is 0 Å². The molecule has 0 saturated carbocycles. The van der Waals surface area contributed by atoms with Crippen LogP contribution < -0.4 is 15.5 Å².